The molecular weight excluding hydrogens is 554 g/mol. The van der Waals surface area contributed by atoms with Crippen LogP contribution in [-0.4, -0.2) is 29.1 Å². The van der Waals surface area contributed by atoms with Crippen LogP contribution in [0.5, 0.6) is 0 Å². The maximum Gasteiger partial charge on any atom is 0.0942 e. The first-order valence-corrected chi connectivity index (χ1v) is 17.4. The van der Waals surface area contributed by atoms with Gasteiger partial charge in [-0.3, -0.25) is 4.90 Å². The molecule has 2 nitrogen and oxygen atoms in total. The molecule has 0 aliphatic rings. The van der Waals surface area contributed by atoms with Crippen molar-refractivity contribution in [2.75, 3.05) is 13.1 Å². The highest BCUT2D eigenvalue weighted by atomic mass is 79.9. The molecule has 0 bridgehead atoms. The Morgan fingerprint density at radius 2 is 1.12 bits per heavy atom. The Morgan fingerprint density at radius 1 is 0.625 bits per heavy atom. The fourth-order valence-corrected chi connectivity index (χ4v) is 6.74. The zero-order chi connectivity index (χ0) is 28.6. The van der Waals surface area contributed by atoms with E-state index in [1.54, 1.807) is 0 Å². The van der Waals surface area contributed by atoms with Crippen molar-refractivity contribution in [3.63, 3.8) is 0 Å². The Morgan fingerprint density at radius 3 is 1.68 bits per heavy atom. The molecule has 0 aromatic heterocycles. The van der Waals surface area contributed by atoms with E-state index in [-0.39, 0.29) is 6.04 Å². The summed E-state index contributed by atoms with van der Waals surface area (Å²) in [5, 5.41) is 16.5. The minimum Gasteiger partial charge on any atom is -0.387 e. The lowest BCUT2D eigenvalue weighted by atomic mass is 9.95. The SMILES string of the molecule is CCCCCCCCCCN(CCCCCCCCCC)[C@@H](C)[C@H](O)c1ccc2cc(Br)c3ccccc3c2c1. The van der Waals surface area contributed by atoms with Crippen molar-refractivity contribution in [3.8, 4) is 0 Å². The molecule has 0 heterocycles. The lowest BCUT2D eigenvalue weighted by molar-refractivity contribution is 0.0555. The van der Waals surface area contributed by atoms with Crippen LogP contribution in [0.25, 0.3) is 21.5 Å². The van der Waals surface area contributed by atoms with Gasteiger partial charge >= 0.3 is 0 Å². The summed E-state index contributed by atoms with van der Waals surface area (Å²) in [4.78, 5) is 2.59. The molecule has 0 aliphatic heterocycles. The van der Waals surface area contributed by atoms with Crippen LogP contribution in [0.4, 0.5) is 0 Å². The van der Waals surface area contributed by atoms with Crippen molar-refractivity contribution < 1.29 is 5.11 Å². The smallest absolute Gasteiger partial charge is 0.0942 e. The highest BCUT2D eigenvalue weighted by Gasteiger charge is 2.23. The van der Waals surface area contributed by atoms with Crippen LogP contribution >= 0.6 is 15.9 Å². The molecule has 0 fully saturated rings. The number of rotatable bonds is 21. The first-order chi connectivity index (χ1) is 19.6. The molecule has 222 valence electrons. The lowest BCUT2D eigenvalue weighted by Gasteiger charge is -2.33. The average Bonchev–Trinajstić information content (AvgIpc) is 2.98. The molecular formula is C37H56BrNO. The van der Waals surface area contributed by atoms with Gasteiger partial charge in [-0.05, 0) is 72.1 Å². The Hall–Kier alpha value is -1.42. The maximum atomic E-state index is 11.6. The largest absolute Gasteiger partial charge is 0.387 e. The number of hydrogen-bond acceptors (Lipinski definition) is 2. The minimum absolute atomic E-state index is 0.105. The molecule has 0 amide bonds. The van der Waals surface area contributed by atoms with E-state index in [0.717, 1.165) is 23.1 Å². The van der Waals surface area contributed by atoms with Crippen LogP contribution in [-0.2, 0) is 0 Å². The summed E-state index contributed by atoms with van der Waals surface area (Å²) < 4.78 is 1.12. The lowest BCUT2D eigenvalue weighted by Crippen LogP contribution is -2.39. The van der Waals surface area contributed by atoms with Gasteiger partial charge in [-0.1, -0.05) is 156 Å². The van der Waals surface area contributed by atoms with E-state index in [9.17, 15) is 5.11 Å². The Labute approximate surface area is 254 Å². The minimum atomic E-state index is -0.491. The number of unbranched alkanes of at least 4 members (excludes halogenated alkanes) is 14. The van der Waals surface area contributed by atoms with Gasteiger partial charge in [0.25, 0.3) is 0 Å². The number of halogens is 1. The molecule has 3 rings (SSSR count). The summed E-state index contributed by atoms with van der Waals surface area (Å²) in [5.41, 5.74) is 1.03. The van der Waals surface area contributed by atoms with Gasteiger partial charge in [0.1, 0.15) is 0 Å². The summed E-state index contributed by atoms with van der Waals surface area (Å²) in [6.45, 7) is 9.00. The van der Waals surface area contributed by atoms with Crippen molar-refractivity contribution >= 4 is 37.5 Å². The van der Waals surface area contributed by atoms with Gasteiger partial charge in [0.2, 0.25) is 0 Å². The van der Waals surface area contributed by atoms with E-state index in [1.165, 1.54) is 124 Å². The third-order valence-corrected chi connectivity index (χ3v) is 9.46. The number of fused-ring (bicyclic) bond motifs is 3. The van der Waals surface area contributed by atoms with Crippen LogP contribution in [0.15, 0.2) is 53.0 Å². The van der Waals surface area contributed by atoms with Crippen molar-refractivity contribution in [3.05, 3.63) is 58.6 Å². The molecule has 0 radical (unpaired) electrons. The number of benzene rings is 3. The number of aliphatic hydroxyl groups excluding tert-OH is 1. The van der Waals surface area contributed by atoms with Gasteiger partial charge in [-0.15, -0.1) is 0 Å². The van der Waals surface area contributed by atoms with Gasteiger partial charge < -0.3 is 5.11 Å². The molecule has 0 unspecified atom stereocenters. The monoisotopic (exact) mass is 609 g/mol. The molecule has 3 heteroatoms. The molecule has 2 atom stereocenters. The van der Waals surface area contributed by atoms with Gasteiger partial charge in [0.05, 0.1) is 6.10 Å². The summed E-state index contributed by atoms with van der Waals surface area (Å²) in [5.74, 6) is 0. The predicted octanol–water partition coefficient (Wildman–Crippen LogP) is 11.8. The standard InChI is InChI=1S/C37H56BrNO/c1-4-6-8-10-12-14-16-20-26-39(27-21-17-15-13-11-9-7-5-2)30(3)37(40)32-25-24-31-29-36(38)34-23-19-18-22-33(34)35(31)28-32/h18-19,22-25,28-30,37,40H,4-17,20-21,26-27H2,1-3H3/t30-,37-/m0/s1. The Kier molecular flexibility index (Phi) is 15.6. The van der Waals surface area contributed by atoms with E-state index >= 15 is 0 Å². The van der Waals surface area contributed by atoms with Gasteiger partial charge in [-0.25, -0.2) is 0 Å². The van der Waals surface area contributed by atoms with Crippen molar-refractivity contribution in [1.82, 2.24) is 4.90 Å². The van der Waals surface area contributed by atoms with Crippen LogP contribution in [0, 0.1) is 0 Å². The van der Waals surface area contributed by atoms with Gasteiger partial charge in [-0.2, -0.15) is 0 Å². The van der Waals surface area contributed by atoms with Gasteiger partial charge in [0, 0.05) is 10.5 Å². The fraction of sp³-hybridized carbons (Fsp3) is 0.622. The van der Waals surface area contributed by atoms with Crippen molar-refractivity contribution in [1.29, 1.82) is 0 Å². The van der Waals surface area contributed by atoms with E-state index in [4.69, 9.17) is 0 Å². The molecule has 3 aromatic rings. The molecule has 3 aromatic carbocycles. The average molecular weight is 611 g/mol. The van der Waals surface area contributed by atoms with Crippen molar-refractivity contribution in [2.24, 2.45) is 0 Å². The van der Waals surface area contributed by atoms with Crippen molar-refractivity contribution in [2.45, 2.75) is 136 Å². The predicted molar refractivity (Wildman–Crippen MR) is 180 cm³/mol. The molecule has 0 saturated carbocycles. The van der Waals surface area contributed by atoms with Crippen LogP contribution in [0.1, 0.15) is 135 Å². The van der Waals surface area contributed by atoms with Crippen LogP contribution in [0.3, 0.4) is 0 Å². The first kappa shape index (κ1) is 33.1. The molecule has 0 saturated heterocycles. The number of hydrogen-bond donors (Lipinski definition) is 1. The second kappa shape index (κ2) is 18.9. The fourth-order valence-electron chi connectivity index (χ4n) is 6.15. The van der Waals surface area contributed by atoms with Crippen LogP contribution < -0.4 is 0 Å². The second-order valence-corrected chi connectivity index (χ2v) is 12.9. The second-order valence-electron chi connectivity index (χ2n) is 12.1. The summed E-state index contributed by atoms with van der Waals surface area (Å²) in [7, 11) is 0. The normalized spacial score (nSPS) is 13.4. The zero-order valence-electron chi connectivity index (χ0n) is 25.8. The number of aliphatic hydroxyl groups is 1. The van der Waals surface area contributed by atoms with E-state index in [2.05, 4.69) is 90.1 Å². The van der Waals surface area contributed by atoms with E-state index in [1.807, 2.05) is 0 Å². The molecule has 0 aliphatic carbocycles. The molecule has 1 N–H and O–H groups in total. The molecule has 0 spiro atoms. The van der Waals surface area contributed by atoms with Crippen LogP contribution in [0.2, 0.25) is 0 Å². The maximum absolute atomic E-state index is 11.6. The Balaban J connectivity index is 1.62. The van der Waals surface area contributed by atoms with E-state index < -0.39 is 6.10 Å². The quantitative estimate of drug-likeness (QED) is 0.0958. The zero-order valence-corrected chi connectivity index (χ0v) is 27.4. The first-order valence-electron chi connectivity index (χ1n) is 16.6. The third kappa shape index (κ3) is 10.4. The third-order valence-electron chi connectivity index (χ3n) is 8.81. The molecule has 40 heavy (non-hydrogen) atoms. The topological polar surface area (TPSA) is 23.5 Å². The summed E-state index contributed by atoms with van der Waals surface area (Å²) in [6.07, 6.45) is 21.0. The summed E-state index contributed by atoms with van der Waals surface area (Å²) >= 11 is 3.75. The Bertz CT molecular complexity index is 1090. The van der Waals surface area contributed by atoms with E-state index in [0.29, 0.717) is 0 Å². The van der Waals surface area contributed by atoms with Gasteiger partial charge in [0.15, 0.2) is 0 Å². The highest BCUT2D eigenvalue weighted by Crippen LogP contribution is 2.34. The summed E-state index contributed by atoms with van der Waals surface area (Å²) in [6, 6.07) is 17.4. The number of nitrogens with zero attached hydrogens (tertiary/aromatic N) is 1. The highest BCUT2D eigenvalue weighted by molar-refractivity contribution is 9.10.